The van der Waals surface area contributed by atoms with Crippen molar-refractivity contribution >= 4 is 20.5 Å². The summed E-state index contributed by atoms with van der Waals surface area (Å²) in [6.07, 6.45) is 17.0. The zero-order chi connectivity index (χ0) is 23.5. The molecule has 0 saturated heterocycles. The maximum absolute atomic E-state index is 12.9. The van der Waals surface area contributed by atoms with Gasteiger partial charge in [0.1, 0.15) is 0 Å². The summed E-state index contributed by atoms with van der Waals surface area (Å²) in [6, 6.07) is 0. The van der Waals surface area contributed by atoms with Gasteiger partial charge in [0, 0.05) is 13.1 Å². The van der Waals surface area contributed by atoms with Gasteiger partial charge in [-0.15, -0.1) is 0 Å². The van der Waals surface area contributed by atoms with Crippen LogP contribution in [0, 0.1) is 11.8 Å². The average Bonchev–Trinajstić information content (AvgIpc) is 2.71. The molecule has 0 radical (unpaired) electrons. The first-order valence-corrected chi connectivity index (χ1v) is 16.1. The van der Waals surface area contributed by atoms with E-state index < -0.39 is 8.56 Å². The predicted octanol–water partition coefficient (Wildman–Crippen LogP) is 8.33. The van der Waals surface area contributed by atoms with E-state index >= 15 is 0 Å². The van der Waals surface area contributed by atoms with Crippen LogP contribution in [0.4, 0.5) is 0 Å². The summed E-state index contributed by atoms with van der Waals surface area (Å²) in [5, 5.41) is 0. The fraction of sp³-hybridized carbons (Fsp3) is 0.923. The summed E-state index contributed by atoms with van der Waals surface area (Å²) in [6.45, 7) is 12.4. The van der Waals surface area contributed by atoms with Crippen LogP contribution < -0.4 is 0 Å². The number of carbonyl (C=O) groups excluding carboxylic acids is 2. The quantitative estimate of drug-likeness (QED) is 0.136. The highest BCUT2D eigenvalue weighted by atomic mass is 28.4. The minimum atomic E-state index is -2.84. The number of carbonyl (C=O) groups is 2. The molecule has 0 N–H and O–H groups in total. The van der Waals surface area contributed by atoms with Gasteiger partial charge in [-0.3, -0.25) is 9.59 Å². The number of hydrogen-bond donors (Lipinski definition) is 0. The molecule has 5 heteroatoms. The van der Waals surface area contributed by atoms with Crippen molar-refractivity contribution in [1.29, 1.82) is 0 Å². The molecule has 0 aliphatic rings. The minimum Gasteiger partial charge on any atom is -0.485 e. The van der Waals surface area contributed by atoms with Crippen LogP contribution in [0.15, 0.2) is 0 Å². The maximum atomic E-state index is 12.9. The molecule has 0 heterocycles. The molecule has 4 nitrogen and oxygen atoms in total. The van der Waals surface area contributed by atoms with Crippen LogP contribution in [0.5, 0.6) is 0 Å². The van der Waals surface area contributed by atoms with Gasteiger partial charge in [0.05, 0.1) is 11.8 Å². The van der Waals surface area contributed by atoms with Gasteiger partial charge in [0.15, 0.2) is 0 Å². The van der Waals surface area contributed by atoms with Gasteiger partial charge in [-0.05, 0) is 25.7 Å². The Balaban J connectivity index is 4.84. The third kappa shape index (κ3) is 15.6. The fourth-order valence-electron chi connectivity index (χ4n) is 3.97. The lowest BCUT2D eigenvalue weighted by Crippen LogP contribution is -2.42. The standard InChI is InChI=1S/C26H52O4Si/c1-7-11-15-17-21-23(19-13-9-3)25(27)29-31(5,6)30-26(28)24(20-14-10-4)22-18-16-12-8-2/h23-24H,7-22H2,1-6H3. The molecule has 2 unspecified atom stereocenters. The molecule has 0 aliphatic carbocycles. The molecule has 184 valence electrons. The molecule has 2 atom stereocenters. The van der Waals surface area contributed by atoms with Crippen LogP contribution in [0.3, 0.4) is 0 Å². The first kappa shape index (κ1) is 30.2. The lowest BCUT2D eigenvalue weighted by Gasteiger charge is -2.27. The van der Waals surface area contributed by atoms with Crippen LogP contribution in [0.2, 0.25) is 13.1 Å². The van der Waals surface area contributed by atoms with Crippen molar-refractivity contribution in [3.63, 3.8) is 0 Å². The molecule has 0 spiro atoms. The van der Waals surface area contributed by atoms with Crippen molar-refractivity contribution in [2.75, 3.05) is 0 Å². The Morgan fingerprint density at radius 2 is 0.871 bits per heavy atom. The predicted molar refractivity (Wildman–Crippen MR) is 133 cm³/mol. The Morgan fingerprint density at radius 1 is 0.548 bits per heavy atom. The van der Waals surface area contributed by atoms with Crippen LogP contribution in [-0.2, 0) is 18.4 Å². The van der Waals surface area contributed by atoms with Gasteiger partial charge in [0.2, 0.25) is 0 Å². The highest BCUT2D eigenvalue weighted by Crippen LogP contribution is 2.24. The Morgan fingerprint density at radius 3 is 1.19 bits per heavy atom. The first-order chi connectivity index (χ1) is 14.8. The fourth-order valence-corrected chi connectivity index (χ4v) is 5.31. The Bertz CT molecular complexity index is 424. The average molecular weight is 457 g/mol. The van der Waals surface area contributed by atoms with Gasteiger partial charge < -0.3 is 8.85 Å². The SMILES string of the molecule is CCCCCCC(CCCC)C(=O)O[Si](C)(C)OC(=O)C(CCCC)CCCCCC. The van der Waals surface area contributed by atoms with Gasteiger partial charge in [0.25, 0.3) is 11.9 Å². The summed E-state index contributed by atoms with van der Waals surface area (Å²) < 4.78 is 11.8. The van der Waals surface area contributed by atoms with E-state index in [1.807, 2.05) is 13.1 Å². The smallest absolute Gasteiger partial charge is 0.457 e. The van der Waals surface area contributed by atoms with E-state index in [0.29, 0.717) is 0 Å². The second-order valence-corrected chi connectivity index (χ2v) is 12.8. The number of unbranched alkanes of at least 4 members (excludes halogenated alkanes) is 8. The highest BCUT2D eigenvalue weighted by molar-refractivity contribution is 6.67. The molecule has 0 aromatic carbocycles. The van der Waals surface area contributed by atoms with E-state index in [2.05, 4.69) is 27.7 Å². The van der Waals surface area contributed by atoms with E-state index in [4.69, 9.17) is 8.85 Å². The lowest BCUT2D eigenvalue weighted by molar-refractivity contribution is -0.146. The largest absolute Gasteiger partial charge is 0.485 e. The second-order valence-electron chi connectivity index (χ2n) is 9.62. The molecular formula is C26H52O4Si. The van der Waals surface area contributed by atoms with Crippen LogP contribution in [-0.4, -0.2) is 20.5 Å². The maximum Gasteiger partial charge on any atom is 0.457 e. The molecule has 31 heavy (non-hydrogen) atoms. The van der Waals surface area contributed by atoms with Crippen LogP contribution >= 0.6 is 0 Å². The van der Waals surface area contributed by atoms with E-state index in [-0.39, 0.29) is 23.8 Å². The van der Waals surface area contributed by atoms with E-state index in [1.54, 1.807) is 0 Å². The lowest BCUT2D eigenvalue weighted by atomic mass is 9.95. The van der Waals surface area contributed by atoms with Gasteiger partial charge in [-0.1, -0.05) is 105 Å². The molecule has 0 aromatic rings. The van der Waals surface area contributed by atoms with Crippen molar-refractivity contribution in [3.05, 3.63) is 0 Å². The topological polar surface area (TPSA) is 52.6 Å². The van der Waals surface area contributed by atoms with Crippen LogP contribution in [0.1, 0.15) is 130 Å². The van der Waals surface area contributed by atoms with Crippen molar-refractivity contribution in [3.8, 4) is 0 Å². The summed E-state index contributed by atoms with van der Waals surface area (Å²) in [7, 11) is -2.84. The molecule has 0 aliphatic heterocycles. The van der Waals surface area contributed by atoms with Crippen LogP contribution in [0.25, 0.3) is 0 Å². The summed E-state index contributed by atoms with van der Waals surface area (Å²) in [5.41, 5.74) is 0. The monoisotopic (exact) mass is 456 g/mol. The Hall–Kier alpha value is -0.843. The normalized spacial score (nSPS) is 13.6. The molecule has 0 fully saturated rings. The first-order valence-electron chi connectivity index (χ1n) is 13.3. The van der Waals surface area contributed by atoms with Gasteiger partial charge >= 0.3 is 8.56 Å². The Kier molecular flexibility index (Phi) is 18.2. The molecule has 0 aromatic heterocycles. The van der Waals surface area contributed by atoms with E-state index in [9.17, 15) is 9.59 Å². The summed E-state index contributed by atoms with van der Waals surface area (Å²) in [4.78, 5) is 25.8. The van der Waals surface area contributed by atoms with E-state index in [1.165, 1.54) is 38.5 Å². The third-order valence-corrected chi connectivity index (χ3v) is 7.37. The zero-order valence-corrected chi connectivity index (χ0v) is 22.6. The Labute approximate surface area is 194 Å². The molecule has 0 rings (SSSR count). The van der Waals surface area contributed by atoms with Crippen molar-refractivity contribution in [2.45, 2.75) is 144 Å². The summed E-state index contributed by atoms with van der Waals surface area (Å²) >= 11 is 0. The van der Waals surface area contributed by atoms with Gasteiger partial charge in [-0.2, -0.15) is 0 Å². The van der Waals surface area contributed by atoms with Crippen molar-refractivity contribution < 1.29 is 18.4 Å². The van der Waals surface area contributed by atoms with Crippen molar-refractivity contribution in [1.82, 2.24) is 0 Å². The summed E-state index contributed by atoms with van der Waals surface area (Å²) in [5.74, 6) is -0.427. The molecule has 0 saturated carbocycles. The third-order valence-electron chi connectivity index (χ3n) is 5.98. The molecular weight excluding hydrogens is 404 g/mol. The number of hydrogen-bond acceptors (Lipinski definition) is 4. The van der Waals surface area contributed by atoms with Crippen molar-refractivity contribution in [2.24, 2.45) is 11.8 Å². The number of rotatable bonds is 20. The van der Waals surface area contributed by atoms with Gasteiger partial charge in [-0.25, -0.2) is 0 Å². The molecule has 0 bridgehead atoms. The zero-order valence-electron chi connectivity index (χ0n) is 21.6. The highest BCUT2D eigenvalue weighted by Gasteiger charge is 2.37. The minimum absolute atomic E-state index is 0.0628. The molecule has 0 amide bonds. The second kappa shape index (κ2) is 18.7. The van der Waals surface area contributed by atoms with E-state index in [0.717, 1.165) is 64.2 Å².